The lowest BCUT2D eigenvalue weighted by atomic mass is 9.95. The number of nitrogens with zero attached hydrogens (tertiary/aromatic N) is 1. The maximum Gasteiger partial charge on any atom is 0.322 e. The Bertz CT molecular complexity index is 497. The van der Waals surface area contributed by atoms with Gasteiger partial charge in [-0.1, -0.05) is 6.07 Å². The molecule has 1 aromatic heterocycles. The van der Waals surface area contributed by atoms with E-state index in [4.69, 9.17) is 4.74 Å². The highest BCUT2D eigenvalue weighted by atomic mass is 16.6. The highest BCUT2D eigenvalue weighted by Gasteiger charge is 2.35. The number of carbonyl (C=O) groups is 1. The molecule has 2 rings (SSSR count). The van der Waals surface area contributed by atoms with Crippen LogP contribution in [0.15, 0.2) is 35.3 Å². The first-order valence-electron chi connectivity index (χ1n) is 4.64. The molecule has 0 amide bonds. The normalized spacial score (nSPS) is 18.5. The molecule has 1 aromatic rings. The van der Waals surface area contributed by atoms with Crippen molar-refractivity contribution in [3.8, 4) is 0 Å². The fourth-order valence-corrected chi connectivity index (χ4v) is 1.35. The minimum Gasteiger partial charge on any atom is -0.409 e. The number of aromatic nitrogens is 1. The summed E-state index contributed by atoms with van der Waals surface area (Å²) < 4.78 is 6.34. The highest BCUT2D eigenvalue weighted by molar-refractivity contribution is 5.87. The quantitative estimate of drug-likeness (QED) is 0.648. The molecule has 78 valence electrons. The van der Waals surface area contributed by atoms with Crippen LogP contribution in [-0.2, 0) is 9.53 Å². The summed E-state index contributed by atoms with van der Waals surface area (Å²) in [5, 5.41) is 0. The van der Waals surface area contributed by atoms with Crippen LogP contribution in [0.25, 0.3) is 5.88 Å². The molecule has 0 aliphatic carbocycles. The summed E-state index contributed by atoms with van der Waals surface area (Å²) in [5.41, 5.74) is -0.876. The first kappa shape index (κ1) is 9.71. The van der Waals surface area contributed by atoms with Crippen LogP contribution in [0.2, 0.25) is 0 Å². The molecule has 0 atom stereocenters. The predicted molar refractivity (Wildman–Crippen MR) is 54.8 cm³/mol. The van der Waals surface area contributed by atoms with Crippen molar-refractivity contribution in [1.29, 1.82) is 0 Å². The van der Waals surface area contributed by atoms with Gasteiger partial charge in [-0.25, -0.2) is 0 Å². The largest absolute Gasteiger partial charge is 0.409 e. The average Bonchev–Trinajstić information content (AvgIpc) is 2.42. The van der Waals surface area contributed by atoms with Gasteiger partial charge in [-0.3, -0.25) is 14.2 Å². The zero-order valence-electron chi connectivity index (χ0n) is 8.56. The lowest BCUT2D eigenvalue weighted by molar-refractivity contribution is -0.141. The number of carbonyl (C=O) groups excluding carboxylic acids is 1. The third-order valence-electron chi connectivity index (χ3n) is 2.27. The first-order valence-corrected chi connectivity index (χ1v) is 4.64. The van der Waals surface area contributed by atoms with E-state index in [0.29, 0.717) is 0 Å². The number of rotatable bonds is 1. The van der Waals surface area contributed by atoms with Gasteiger partial charge in [0.05, 0.1) is 5.41 Å². The van der Waals surface area contributed by atoms with E-state index in [1.807, 2.05) is 0 Å². The van der Waals surface area contributed by atoms with Crippen LogP contribution in [0.1, 0.15) is 13.8 Å². The molecule has 0 aromatic carbocycles. The molecule has 0 saturated heterocycles. The Hall–Kier alpha value is -1.84. The molecular formula is C11H11NO3. The van der Waals surface area contributed by atoms with Crippen molar-refractivity contribution in [2.45, 2.75) is 13.8 Å². The minimum atomic E-state index is -0.662. The number of cyclic esters (lactones) is 1. The van der Waals surface area contributed by atoms with Crippen molar-refractivity contribution in [3.05, 3.63) is 40.8 Å². The summed E-state index contributed by atoms with van der Waals surface area (Å²) in [6.45, 7) is 3.49. The molecule has 4 nitrogen and oxygen atoms in total. The molecule has 0 spiro atoms. The van der Waals surface area contributed by atoms with E-state index in [0.717, 1.165) is 0 Å². The van der Waals surface area contributed by atoms with Crippen LogP contribution in [0.4, 0.5) is 0 Å². The zero-order chi connectivity index (χ0) is 11.1. The first-order chi connectivity index (χ1) is 7.00. The summed E-state index contributed by atoms with van der Waals surface area (Å²) in [6.07, 6.45) is 3.22. The van der Waals surface area contributed by atoms with Crippen LogP contribution in [0.5, 0.6) is 0 Å². The zero-order valence-corrected chi connectivity index (χ0v) is 8.56. The van der Waals surface area contributed by atoms with Gasteiger partial charge >= 0.3 is 5.97 Å². The van der Waals surface area contributed by atoms with Crippen LogP contribution >= 0.6 is 0 Å². The van der Waals surface area contributed by atoms with E-state index < -0.39 is 5.41 Å². The molecule has 1 aliphatic rings. The molecule has 1 aliphatic heterocycles. The summed E-state index contributed by atoms with van der Waals surface area (Å²) in [5.74, 6) is -0.0520. The van der Waals surface area contributed by atoms with Gasteiger partial charge in [-0.15, -0.1) is 0 Å². The Morgan fingerprint density at radius 1 is 1.27 bits per heavy atom. The van der Waals surface area contributed by atoms with Gasteiger partial charge in [0.1, 0.15) is 0 Å². The summed E-state index contributed by atoms with van der Waals surface area (Å²) in [4.78, 5) is 22.9. The molecule has 0 unspecified atom stereocenters. The van der Waals surface area contributed by atoms with Gasteiger partial charge in [0.15, 0.2) is 0 Å². The number of ether oxygens (including phenoxy) is 1. The van der Waals surface area contributed by atoms with Crippen LogP contribution < -0.4 is 5.56 Å². The number of pyridine rings is 1. The van der Waals surface area contributed by atoms with E-state index in [2.05, 4.69) is 0 Å². The lowest BCUT2D eigenvalue weighted by Gasteiger charge is -2.07. The van der Waals surface area contributed by atoms with Gasteiger partial charge < -0.3 is 4.74 Å². The molecule has 0 N–H and O–H groups in total. The van der Waals surface area contributed by atoms with E-state index >= 15 is 0 Å². The average molecular weight is 205 g/mol. The third-order valence-corrected chi connectivity index (χ3v) is 2.27. The van der Waals surface area contributed by atoms with Gasteiger partial charge in [-0.05, 0) is 26.0 Å². The third kappa shape index (κ3) is 1.58. The molecule has 0 saturated carbocycles. The van der Waals surface area contributed by atoms with Crippen molar-refractivity contribution in [2.75, 3.05) is 0 Å². The Morgan fingerprint density at radius 3 is 2.53 bits per heavy atom. The van der Waals surface area contributed by atoms with Crippen LogP contribution in [-0.4, -0.2) is 10.5 Å². The second-order valence-corrected chi connectivity index (χ2v) is 4.00. The van der Waals surface area contributed by atoms with Gasteiger partial charge in [-0.2, -0.15) is 0 Å². The van der Waals surface area contributed by atoms with E-state index in [9.17, 15) is 9.59 Å². The Morgan fingerprint density at radius 2 is 2.00 bits per heavy atom. The predicted octanol–water partition coefficient (Wildman–Crippen LogP) is 1.23. The molecule has 4 heteroatoms. The second-order valence-electron chi connectivity index (χ2n) is 4.00. The fraction of sp³-hybridized carbons (Fsp3) is 0.273. The van der Waals surface area contributed by atoms with E-state index in [-0.39, 0.29) is 17.4 Å². The molecule has 0 fully saturated rings. The number of esters is 1. The Labute approximate surface area is 86.8 Å². The SMILES string of the molecule is CC1(C)C=C(n2ccccc2=O)OC1=O. The second kappa shape index (κ2) is 3.08. The van der Waals surface area contributed by atoms with Crippen molar-refractivity contribution in [1.82, 2.24) is 4.57 Å². The van der Waals surface area contributed by atoms with E-state index in [1.165, 1.54) is 10.6 Å². The van der Waals surface area contributed by atoms with Gasteiger partial charge in [0.25, 0.3) is 5.56 Å². The minimum absolute atomic E-state index is 0.214. The fourth-order valence-electron chi connectivity index (χ4n) is 1.35. The molecule has 0 radical (unpaired) electrons. The highest BCUT2D eigenvalue weighted by Crippen LogP contribution is 2.30. The van der Waals surface area contributed by atoms with Crippen molar-refractivity contribution in [3.63, 3.8) is 0 Å². The maximum atomic E-state index is 11.5. The Balaban J connectivity index is 2.48. The maximum absolute atomic E-state index is 11.5. The summed E-state index contributed by atoms with van der Waals surface area (Å²) in [6, 6.07) is 4.77. The summed E-state index contributed by atoms with van der Waals surface area (Å²) in [7, 11) is 0. The van der Waals surface area contributed by atoms with Gasteiger partial charge in [0, 0.05) is 12.3 Å². The van der Waals surface area contributed by atoms with E-state index in [1.54, 1.807) is 38.3 Å². The molecule has 15 heavy (non-hydrogen) atoms. The number of hydrogen-bond acceptors (Lipinski definition) is 3. The monoisotopic (exact) mass is 205 g/mol. The molecular weight excluding hydrogens is 194 g/mol. The van der Waals surface area contributed by atoms with Crippen molar-refractivity contribution in [2.24, 2.45) is 5.41 Å². The van der Waals surface area contributed by atoms with Crippen molar-refractivity contribution < 1.29 is 9.53 Å². The van der Waals surface area contributed by atoms with Crippen LogP contribution in [0.3, 0.4) is 0 Å². The smallest absolute Gasteiger partial charge is 0.322 e. The van der Waals surface area contributed by atoms with Crippen LogP contribution in [0, 0.1) is 5.41 Å². The molecule has 2 heterocycles. The van der Waals surface area contributed by atoms with Crippen molar-refractivity contribution >= 4 is 11.9 Å². The number of hydrogen-bond donors (Lipinski definition) is 0. The molecule has 0 bridgehead atoms. The Kier molecular flexibility index (Phi) is 2.00. The summed E-state index contributed by atoms with van der Waals surface area (Å²) >= 11 is 0. The van der Waals surface area contributed by atoms with Gasteiger partial charge in [0.2, 0.25) is 5.88 Å². The lowest BCUT2D eigenvalue weighted by Crippen LogP contribution is -2.19. The topological polar surface area (TPSA) is 48.3 Å². The standard InChI is InChI=1S/C11H11NO3/c1-11(2)7-9(15-10(11)14)12-6-4-3-5-8(12)13/h3-7H,1-2H3.